The predicted octanol–water partition coefficient (Wildman–Crippen LogP) is 4.03. The van der Waals surface area contributed by atoms with Crippen LogP contribution in [-0.4, -0.2) is 35.5 Å². The molecule has 0 aromatic heterocycles. The van der Waals surface area contributed by atoms with Crippen molar-refractivity contribution in [1.29, 1.82) is 0 Å². The van der Waals surface area contributed by atoms with Crippen LogP contribution in [0.15, 0.2) is 0 Å². The fourth-order valence-electron chi connectivity index (χ4n) is 1.63. The Kier molecular flexibility index (Phi) is 10.6. The molecule has 0 aliphatic rings. The van der Waals surface area contributed by atoms with Crippen molar-refractivity contribution in [1.82, 2.24) is 4.90 Å². The molecule has 0 aromatic rings. The van der Waals surface area contributed by atoms with E-state index in [4.69, 9.17) is 4.74 Å². The summed E-state index contributed by atoms with van der Waals surface area (Å²) in [5.74, 6) is -0.376. The maximum atomic E-state index is 11.7. The second kappa shape index (κ2) is 9.93. The third-order valence-corrected chi connectivity index (χ3v) is 2.87. The van der Waals surface area contributed by atoms with Crippen molar-refractivity contribution >= 4 is 11.8 Å². The largest absolute Gasteiger partial charge is 0.374 e. The molecule has 0 heterocycles. The van der Waals surface area contributed by atoms with Crippen LogP contribution in [0.5, 0.6) is 0 Å². The minimum atomic E-state index is -0.512. The molecular formula is C17H35NO3. The van der Waals surface area contributed by atoms with E-state index in [2.05, 4.69) is 20.8 Å². The van der Waals surface area contributed by atoms with Crippen LogP contribution >= 0.6 is 0 Å². The van der Waals surface area contributed by atoms with E-state index >= 15 is 0 Å². The Morgan fingerprint density at radius 1 is 1.05 bits per heavy atom. The van der Waals surface area contributed by atoms with Crippen molar-refractivity contribution in [3.8, 4) is 0 Å². The molecule has 21 heavy (non-hydrogen) atoms. The molecule has 0 aliphatic heterocycles. The summed E-state index contributed by atoms with van der Waals surface area (Å²) >= 11 is 0. The van der Waals surface area contributed by atoms with Gasteiger partial charge in [-0.2, -0.15) is 0 Å². The van der Waals surface area contributed by atoms with Crippen molar-refractivity contribution in [2.75, 3.05) is 13.2 Å². The highest BCUT2D eigenvalue weighted by Gasteiger charge is 2.27. The van der Waals surface area contributed by atoms with E-state index in [9.17, 15) is 9.59 Å². The predicted molar refractivity (Wildman–Crippen MR) is 88.1 cm³/mol. The lowest BCUT2D eigenvalue weighted by Gasteiger charge is -2.32. The van der Waals surface area contributed by atoms with Crippen molar-refractivity contribution < 1.29 is 14.3 Å². The summed E-state index contributed by atoms with van der Waals surface area (Å²) in [7, 11) is 0. The number of carbonyl (C=O) groups is 2. The summed E-state index contributed by atoms with van der Waals surface area (Å²) in [4.78, 5) is 24.5. The first-order chi connectivity index (χ1) is 9.48. The van der Waals surface area contributed by atoms with Crippen LogP contribution in [0.4, 0.5) is 0 Å². The zero-order valence-electron chi connectivity index (χ0n) is 15.5. The summed E-state index contributed by atoms with van der Waals surface area (Å²) in [5.41, 5.74) is -0.294. The normalized spacial score (nSPS) is 11.5. The van der Waals surface area contributed by atoms with Crippen LogP contribution < -0.4 is 0 Å². The van der Waals surface area contributed by atoms with Gasteiger partial charge in [0, 0.05) is 20.0 Å². The van der Waals surface area contributed by atoms with E-state index < -0.39 is 5.60 Å². The van der Waals surface area contributed by atoms with Crippen LogP contribution in [0.3, 0.4) is 0 Å². The molecule has 4 nitrogen and oxygen atoms in total. The monoisotopic (exact) mass is 301 g/mol. The molecule has 0 aromatic carbocycles. The number of rotatable bonds is 6. The summed E-state index contributed by atoms with van der Waals surface area (Å²) in [6.45, 7) is 18.4. The van der Waals surface area contributed by atoms with Gasteiger partial charge in [0.1, 0.15) is 0 Å². The smallest absolute Gasteiger partial charge is 0.228 e. The number of imide groups is 1. The first-order valence-corrected chi connectivity index (χ1v) is 7.93. The van der Waals surface area contributed by atoms with Crippen molar-refractivity contribution in [2.24, 2.45) is 5.41 Å². The quantitative estimate of drug-likeness (QED) is 0.744. The Bertz CT molecular complexity index is 316. The molecule has 126 valence electrons. The van der Waals surface area contributed by atoms with Crippen molar-refractivity contribution in [3.63, 3.8) is 0 Å². The lowest BCUT2D eigenvalue weighted by molar-refractivity contribution is -0.148. The summed E-state index contributed by atoms with van der Waals surface area (Å²) in [6, 6.07) is 0. The minimum absolute atomic E-state index is 0.153. The van der Waals surface area contributed by atoms with E-state index in [1.807, 2.05) is 27.7 Å². The lowest BCUT2D eigenvalue weighted by atomic mass is 9.93. The molecule has 2 amide bonds. The summed E-state index contributed by atoms with van der Waals surface area (Å²) in [6.07, 6.45) is 1.27. The van der Waals surface area contributed by atoms with Gasteiger partial charge in [0.15, 0.2) is 0 Å². The number of ether oxygens (including phenoxy) is 1. The van der Waals surface area contributed by atoms with Gasteiger partial charge in [-0.15, -0.1) is 0 Å². The third-order valence-electron chi connectivity index (χ3n) is 2.87. The van der Waals surface area contributed by atoms with Crippen molar-refractivity contribution in [3.05, 3.63) is 0 Å². The molecule has 0 atom stereocenters. The topological polar surface area (TPSA) is 46.6 Å². The average Bonchev–Trinajstić information content (AvgIpc) is 2.35. The standard InChI is InChI=1S/C15H29NO3.C2H6/c1-8-13(18)16(12(2)17)11-15(6,7)19-10-9-14(3,4)5;1-2/h8-11H2,1-7H3;1-2H3. The lowest BCUT2D eigenvalue weighted by Crippen LogP contribution is -2.46. The van der Waals surface area contributed by atoms with Gasteiger partial charge >= 0.3 is 0 Å². The first-order valence-electron chi connectivity index (χ1n) is 7.93. The van der Waals surface area contributed by atoms with E-state index in [1.54, 1.807) is 6.92 Å². The first kappa shape index (κ1) is 22.4. The average molecular weight is 301 g/mol. The zero-order valence-corrected chi connectivity index (χ0v) is 15.5. The van der Waals surface area contributed by atoms with Crippen LogP contribution in [-0.2, 0) is 14.3 Å². The van der Waals surface area contributed by atoms with Gasteiger partial charge < -0.3 is 4.74 Å². The molecule has 0 rings (SSSR count). The SMILES string of the molecule is CC.CCC(=O)N(CC(C)(C)OCCC(C)(C)C)C(C)=O. The molecule has 0 radical (unpaired) electrons. The number of amides is 2. The molecule has 0 saturated heterocycles. The molecule has 0 saturated carbocycles. The van der Waals surface area contributed by atoms with Crippen LogP contribution in [0, 0.1) is 5.41 Å². The highest BCUT2D eigenvalue weighted by Crippen LogP contribution is 2.21. The molecule has 4 heteroatoms. The number of hydrogen-bond acceptors (Lipinski definition) is 3. The van der Waals surface area contributed by atoms with E-state index in [0.29, 0.717) is 19.6 Å². The fourth-order valence-corrected chi connectivity index (χ4v) is 1.63. The van der Waals surface area contributed by atoms with Crippen LogP contribution in [0.25, 0.3) is 0 Å². The number of carbonyl (C=O) groups excluding carboxylic acids is 2. The second-order valence-corrected chi connectivity index (χ2v) is 6.77. The van der Waals surface area contributed by atoms with Gasteiger partial charge in [-0.05, 0) is 25.7 Å². The number of hydrogen-bond donors (Lipinski definition) is 0. The Morgan fingerprint density at radius 2 is 1.52 bits per heavy atom. The second-order valence-electron chi connectivity index (χ2n) is 6.77. The van der Waals surface area contributed by atoms with Crippen LogP contribution in [0.2, 0.25) is 0 Å². The highest BCUT2D eigenvalue weighted by molar-refractivity contribution is 5.94. The molecule has 0 spiro atoms. The molecule has 0 N–H and O–H groups in total. The Morgan fingerprint density at radius 3 is 1.86 bits per heavy atom. The molecule has 0 unspecified atom stereocenters. The molecular weight excluding hydrogens is 266 g/mol. The minimum Gasteiger partial charge on any atom is -0.374 e. The van der Waals surface area contributed by atoms with Gasteiger partial charge in [-0.1, -0.05) is 41.5 Å². The highest BCUT2D eigenvalue weighted by atomic mass is 16.5. The fraction of sp³-hybridized carbons (Fsp3) is 0.882. The summed E-state index contributed by atoms with van der Waals surface area (Å²) in [5, 5.41) is 0. The molecule has 0 aliphatic carbocycles. The number of nitrogens with zero attached hydrogens (tertiary/aromatic N) is 1. The zero-order chi connectivity index (χ0) is 17.3. The van der Waals surface area contributed by atoms with Crippen LogP contribution in [0.1, 0.15) is 75.2 Å². The molecule has 0 fully saturated rings. The Balaban J connectivity index is 0. The van der Waals surface area contributed by atoms with E-state index in [1.165, 1.54) is 11.8 Å². The Hall–Kier alpha value is -0.900. The van der Waals surface area contributed by atoms with Gasteiger partial charge in [0.05, 0.1) is 12.1 Å². The van der Waals surface area contributed by atoms with E-state index in [-0.39, 0.29) is 17.2 Å². The summed E-state index contributed by atoms with van der Waals surface area (Å²) < 4.78 is 5.83. The van der Waals surface area contributed by atoms with Crippen molar-refractivity contribution in [2.45, 2.75) is 80.8 Å². The third kappa shape index (κ3) is 11.4. The van der Waals surface area contributed by atoms with Gasteiger partial charge in [0.2, 0.25) is 11.8 Å². The van der Waals surface area contributed by atoms with Gasteiger partial charge in [0.25, 0.3) is 0 Å². The van der Waals surface area contributed by atoms with Gasteiger partial charge in [-0.25, -0.2) is 0 Å². The maximum Gasteiger partial charge on any atom is 0.228 e. The van der Waals surface area contributed by atoms with Gasteiger partial charge in [-0.3, -0.25) is 14.5 Å². The maximum absolute atomic E-state index is 11.7. The van der Waals surface area contributed by atoms with E-state index in [0.717, 1.165) is 6.42 Å². The molecule has 0 bridgehead atoms. The Labute approximate surface area is 131 Å².